The molecule has 2 aromatic rings. The molecule has 0 spiro atoms. The fourth-order valence-corrected chi connectivity index (χ4v) is 3.52. The van der Waals surface area contributed by atoms with Crippen molar-refractivity contribution in [2.45, 2.75) is 4.90 Å². The van der Waals surface area contributed by atoms with Crippen LogP contribution in [-0.2, 0) is 10.0 Å². The Labute approximate surface area is 107 Å². The van der Waals surface area contributed by atoms with Crippen LogP contribution in [0.3, 0.4) is 0 Å². The molecule has 1 aliphatic heterocycles. The molecule has 0 amide bonds. The van der Waals surface area contributed by atoms with E-state index in [0.29, 0.717) is 18.0 Å². The molecule has 0 bridgehead atoms. The first-order chi connectivity index (χ1) is 8.69. The molecule has 2 aromatic carbocycles. The minimum atomic E-state index is -3.31. The Morgan fingerprint density at radius 1 is 0.833 bits per heavy atom. The van der Waals surface area contributed by atoms with Gasteiger partial charge in [0.1, 0.15) is 0 Å². The zero-order valence-corrected chi connectivity index (χ0v) is 10.6. The number of hydrogen-bond acceptors (Lipinski definition) is 2. The summed E-state index contributed by atoms with van der Waals surface area (Å²) in [4.78, 5) is 0.397. The Morgan fingerprint density at radius 2 is 1.44 bits per heavy atom. The van der Waals surface area contributed by atoms with Crippen molar-refractivity contribution in [1.82, 2.24) is 4.31 Å². The molecular formula is C14H13NO2S. The van der Waals surface area contributed by atoms with Gasteiger partial charge in [-0.25, -0.2) is 8.42 Å². The molecular weight excluding hydrogens is 246 g/mol. The van der Waals surface area contributed by atoms with E-state index in [1.54, 1.807) is 12.1 Å². The second-order valence-electron chi connectivity index (χ2n) is 4.27. The molecule has 0 N–H and O–H groups in total. The van der Waals surface area contributed by atoms with Crippen LogP contribution in [0.1, 0.15) is 0 Å². The van der Waals surface area contributed by atoms with Gasteiger partial charge in [0.25, 0.3) is 0 Å². The monoisotopic (exact) mass is 259 g/mol. The van der Waals surface area contributed by atoms with Crippen molar-refractivity contribution in [2.24, 2.45) is 0 Å². The molecule has 0 aromatic heterocycles. The van der Waals surface area contributed by atoms with E-state index in [4.69, 9.17) is 0 Å². The van der Waals surface area contributed by atoms with Crippen molar-refractivity contribution in [1.29, 1.82) is 0 Å². The molecule has 92 valence electrons. The summed E-state index contributed by atoms with van der Waals surface area (Å²) in [6, 6.07) is 16.8. The normalized spacial score (nSPS) is 15.6. The van der Waals surface area contributed by atoms with Crippen LogP contribution >= 0.6 is 0 Å². The van der Waals surface area contributed by atoms with Gasteiger partial charge in [0, 0.05) is 18.7 Å². The lowest BCUT2D eigenvalue weighted by molar-refractivity contribution is 0.563. The Kier molecular flexibility index (Phi) is 2.69. The van der Waals surface area contributed by atoms with E-state index >= 15 is 0 Å². The third-order valence-electron chi connectivity index (χ3n) is 3.00. The molecule has 1 saturated heterocycles. The van der Waals surface area contributed by atoms with Gasteiger partial charge in [0.2, 0.25) is 10.0 Å². The van der Waals surface area contributed by atoms with Gasteiger partial charge in [0.15, 0.2) is 0 Å². The minimum absolute atomic E-state index is 0.397. The largest absolute Gasteiger partial charge is 0.243 e. The maximum absolute atomic E-state index is 12.3. The lowest BCUT2D eigenvalue weighted by Gasteiger charge is -2.10. The van der Waals surface area contributed by atoms with Crippen molar-refractivity contribution in [3.63, 3.8) is 0 Å². The standard InChI is InChI=1S/C14H13NO2S/c16-18(17,15-10-11-15)14-9-5-4-8-13(14)12-6-2-1-3-7-12/h1-9H,10-11H2. The second kappa shape index (κ2) is 4.23. The van der Waals surface area contributed by atoms with Gasteiger partial charge in [-0.3, -0.25) is 0 Å². The Balaban J connectivity index is 2.17. The summed E-state index contributed by atoms with van der Waals surface area (Å²) in [6.07, 6.45) is 0. The van der Waals surface area contributed by atoms with Gasteiger partial charge < -0.3 is 0 Å². The third kappa shape index (κ3) is 1.94. The topological polar surface area (TPSA) is 37.1 Å². The van der Waals surface area contributed by atoms with Crippen molar-refractivity contribution < 1.29 is 8.42 Å². The van der Waals surface area contributed by atoms with E-state index in [-0.39, 0.29) is 0 Å². The molecule has 3 rings (SSSR count). The van der Waals surface area contributed by atoms with Crippen molar-refractivity contribution in [2.75, 3.05) is 13.1 Å². The van der Waals surface area contributed by atoms with Crippen LogP contribution in [0.2, 0.25) is 0 Å². The zero-order valence-electron chi connectivity index (χ0n) is 9.78. The molecule has 18 heavy (non-hydrogen) atoms. The summed E-state index contributed by atoms with van der Waals surface area (Å²) >= 11 is 0. The van der Waals surface area contributed by atoms with Gasteiger partial charge in [-0.2, -0.15) is 4.31 Å². The first kappa shape index (κ1) is 11.4. The number of benzene rings is 2. The Bertz CT molecular complexity index is 661. The van der Waals surface area contributed by atoms with Crippen molar-refractivity contribution in [3.8, 4) is 11.1 Å². The number of rotatable bonds is 3. The number of hydrogen-bond donors (Lipinski definition) is 0. The molecule has 0 atom stereocenters. The highest BCUT2D eigenvalue weighted by molar-refractivity contribution is 7.89. The first-order valence-electron chi connectivity index (χ1n) is 5.84. The molecule has 4 heteroatoms. The molecule has 0 unspecified atom stereocenters. The van der Waals surface area contributed by atoms with E-state index in [1.165, 1.54) is 4.31 Å². The summed E-state index contributed by atoms with van der Waals surface area (Å²) in [5.74, 6) is 0. The summed E-state index contributed by atoms with van der Waals surface area (Å²) in [5.41, 5.74) is 1.70. The van der Waals surface area contributed by atoms with Gasteiger partial charge in [-0.05, 0) is 11.6 Å². The zero-order chi connectivity index (χ0) is 12.6. The maximum Gasteiger partial charge on any atom is 0.243 e. The lowest BCUT2D eigenvalue weighted by atomic mass is 10.1. The third-order valence-corrected chi connectivity index (χ3v) is 4.95. The smallest absolute Gasteiger partial charge is 0.207 e. The Morgan fingerprint density at radius 3 is 2.11 bits per heavy atom. The van der Waals surface area contributed by atoms with Gasteiger partial charge in [-0.15, -0.1) is 0 Å². The fraction of sp³-hybridized carbons (Fsp3) is 0.143. The quantitative estimate of drug-likeness (QED) is 0.793. The van der Waals surface area contributed by atoms with E-state index in [9.17, 15) is 8.42 Å². The van der Waals surface area contributed by atoms with Gasteiger partial charge >= 0.3 is 0 Å². The van der Waals surface area contributed by atoms with E-state index in [0.717, 1.165) is 11.1 Å². The summed E-state index contributed by atoms with van der Waals surface area (Å²) in [6.45, 7) is 1.26. The molecule has 0 aliphatic carbocycles. The SMILES string of the molecule is O=S(=O)(c1ccccc1-c1ccccc1)N1CC1. The van der Waals surface area contributed by atoms with Crippen LogP contribution in [0.5, 0.6) is 0 Å². The molecule has 3 nitrogen and oxygen atoms in total. The van der Waals surface area contributed by atoms with Crippen LogP contribution in [0.4, 0.5) is 0 Å². The van der Waals surface area contributed by atoms with Crippen LogP contribution in [0.15, 0.2) is 59.5 Å². The number of sulfonamides is 1. The molecule has 1 aliphatic rings. The Hall–Kier alpha value is -1.65. The van der Waals surface area contributed by atoms with Crippen LogP contribution in [0, 0.1) is 0 Å². The lowest BCUT2D eigenvalue weighted by Crippen LogP contribution is -2.12. The van der Waals surface area contributed by atoms with Crippen LogP contribution in [-0.4, -0.2) is 25.8 Å². The summed E-state index contributed by atoms with van der Waals surface area (Å²) in [5, 5.41) is 0. The van der Waals surface area contributed by atoms with E-state index in [2.05, 4.69) is 0 Å². The van der Waals surface area contributed by atoms with Crippen LogP contribution in [0.25, 0.3) is 11.1 Å². The average molecular weight is 259 g/mol. The number of nitrogens with zero attached hydrogens (tertiary/aromatic N) is 1. The van der Waals surface area contributed by atoms with Crippen molar-refractivity contribution >= 4 is 10.0 Å². The minimum Gasteiger partial charge on any atom is -0.207 e. The highest BCUT2D eigenvalue weighted by atomic mass is 32.2. The second-order valence-corrected chi connectivity index (χ2v) is 6.17. The van der Waals surface area contributed by atoms with E-state index < -0.39 is 10.0 Å². The molecule has 0 saturated carbocycles. The van der Waals surface area contributed by atoms with E-state index in [1.807, 2.05) is 42.5 Å². The molecule has 0 radical (unpaired) electrons. The first-order valence-corrected chi connectivity index (χ1v) is 7.28. The van der Waals surface area contributed by atoms with Gasteiger partial charge in [0.05, 0.1) is 4.90 Å². The molecule has 1 heterocycles. The fourth-order valence-electron chi connectivity index (χ4n) is 1.97. The summed E-state index contributed by atoms with van der Waals surface area (Å²) < 4.78 is 26.1. The predicted molar refractivity (Wildman–Crippen MR) is 70.6 cm³/mol. The molecule has 1 fully saturated rings. The van der Waals surface area contributed by atoms with Gasteiger partial charge in [-0.1, -0.05) is 48.5 Å². The highest BCUT2D eigenvalue weighted by Gasteiger charge is 2.34. The van der Waals surface area contributed by atoms with Crippen LogP contribution < -0.4 is 0 Å². The maximum atomic E-state index is 12.3. The van der Waals surface area contributed by atoms with Crippen molar-refractivity contribution in [3.05, 3.63) is 54.6 Å². The highest BCUT2D eigenvalue weighted by Crippen LogP contribution is 2.31. The average Bonchev–Trinajstić information content (AvgIpc) is 3.24. The predicted octanol–water partition coefficient (Wildman–Crippen LogP) is 2.36. The summed E-state index contributed by atoms with van der Waals surface area (Å²) in [7, 11) is -3.31.